The van der Waals surface area contributed by atoms with E-state index in [1.807, 2.05) is 12.1 Å². The molecule has 2 aromatic carbocycles. The topological polar surface area (TPSA) is 0 Å². The number of halogens is 1. The van der Waals surface area contributed by atoms with E-state index in [-0.39, 0.29) is 0 Å². The van der Waals surface area contributed by atoms with Crippen molar-refractivity contribution in [2.24, 2.45) is 0 Å². The van der Waals surface area contributed by atoms with Gasteiger partial charge in [0.2, 0.25) is 0 Å². The van der Waals surface area contributed by atoms with Crippen LogP contribution in [-0.2, 0) is 12.8 Å². The van der Waals surface area contributed by atoms with Gasteiger partial charge in [0, 0.05) is 5.02 Å². The van der Waals surface area contributed by atoms with Crippen LogP contribution in [0.3, 0.4) is 0 Å². The Balaban J connectivity index is 1.82. The molecule has 0 nitrogen and oxygen atoms in total. The lowest BCUT2D eigenvalue weighted by Gasteiger charge is -2.02. The van der Waals surface area contributed by atoms with E-state index < -0.39 is 0 Å². The SMILES string of the molecule is Clc1ccc(CCCc2ccccc2)cc1. The predicted molar refractivity (Wildman–Crippen MR) is 69.9 cm³/mol. The van der Waals surface area contributed by atoms with Gasteiger partial charge in [-0.25, -0.2) is 0 Å². The first-order chi connectivity index (χ1) is 7.84. The van der Waals surface area contributed by atoms with Gasteiger partial charge in [-0.1, -0.05) is 54.1 Å². The van der Waals surface area contributed by atoms with Crippen LogP contribution in [0.2, 0.25) is 5.02 Å². The number of hydrogen-bond acceptors (Lipinski definition) is 0. The molecule has 0 saturated carbocycles. The van der Waals surface area contributed by atoms with Gasteiger partial charge >= 0.3 is 0 Å². The Bertz CT molecular complexity index is 417. The molecule has 0 amide bonds. The lowest BCUT2D eigenvalue weighted by Crippen LogP contribution is -1.89. The van der Waals surface area contributed by atoms with E-state index in [1.165, 1.54) is 17.5 Å². The minimum absolute atomic E-state index is 0.812. The molecule has 16 heavy (non-hydrogen) atoms. The zero-order valence-electron chi connectivity index (χ0n) is 9.20. The van der Waals surface area contributed by atoms with Crippen LogP contribution in [0, 0.1) is 0 Å². The van der Waals surface area contributed by atoms with Crippen LogP contribution < -0.4 is 0 Å². The van der Waals surface area contributed by atoms with Crippen molar-refractivity contribution in [3.8, 4) is 0 Å². The van der Waals surface area contributed by atoms with Crippen molar-refractivity contribution in [2.75, 3.05) is 0 Å². The van der Waals surface area contributed by atoms with E-state index in [0.717, 1.165) is 17.9 Å². The molecule has 0 aromatic heterocycles. The average Bonchev–Trinajstić information content (AvgIpc) is 2.33. The molecule has 0 bridgehead atoms. The van der Waals surface area contributed by atoms with Crippen LogP contribution in [0.1, 0.15) is 17.5 Å². The Hall–Kier alpha value is -1.27. The van der Waals surface area contributed by atoms with Crippen LogP contribution in [0.25, 0.3) is 0 Å². The number of rotatable bonds is 4. The standard InChI is InChI=1S/C15H15Cl/c16-15-11-9-14(10-12-15)8-4-7-13-5-2-1-3-6-13/h1-3,5-6,9-12H,4,7-8H2. The fourth-order valence-corrected chi connectivity index (χ4v) is 1.92. The molecule has 0 atom stereocenters. The van der Waals surface area contributed by atoms with E-state index in [2.05, 4.69) is 42.5 Å². The maximum absolute atomic E-state index is 5.84. The van der Waals surface area contributed by atoms with Crippen LogP contribution >= 0.6 is 11.6 Å². The smallest absolute Gasteiger partial charge is 0.0406 e. The third-order valence-corrected chi connectivity index (χ3v) is 2.94. The van der Waals surface area contributed by atoms with E-state index in [9.17, 15) is 0 Å². The van der Waals surface area contributed by atoms with Gasteiger partial charge in [-0.05, 0) is 42.5 Å². The molecule has 1 heteroatoms. The van der Waals surface area contributed by atoms with E-state index >= 15 is 0 Å². The molecule has 0 N–H and O–H groups in total. The summed E-state index contributed by atoms with van der Waals surface area (Å²) in [5.74, 6) is 0. The van der Waals surface area contributed by atoms with Crippen molar-refractivity contribution >= 4 is 11.6 Å². The average molecular weight is 231 g/mol. The van der Waals surface area contributed by atoms with Gasteiger partial charge in [0.25, 0.3) is 0 Å². The van der Waals surface area contributed by atoms with Gasteiger partial charge in [-0.2, -0.15) is 0 Å². The molecule has 2 aromatic rings. The summed E-state index contributed by atoms with van der Waals surface area (Å²) in [6.45, 7) is 0. The number of benzene rings is 2. The molecule has 0 spiro atoms. The summed E-state index contributed by atoms with van der Waals surface area (Å²) in [5.41, 5.74) is 2.77. The second-order valence-corrected chi connectivity index (χ2v) is 4.40. The third-order valence-electron chi connectivity index (χ3n) is 2.69. The Morgan fingerprint density at radius 1 is 0.688 bits per heavy atom. The van der Waals surface area contributed by atoms with E-state index in [0.29, 0.717) is 0 Å². The Kier molecular flexibility index (Phi) is 4.01. The summed E-state index contributed by atoms with van der Waals surface area (Å²) in [5, 5.41) is 0.812. The molecular formula is C15H15Cl. The van der Waals surface area contributed by atoms with Crippen molar-refractivity contribution in [1.82, 2.24) is 0 Å². The molecule has 0 saturated heterocycles. The number of hydrogen-bond donors (Lipinski definition) is 0. The molecule has 2 rings (SSSR count). The summed E-state index contributed by atoms with van der Waals surface area (Å²) in [7, 11) is 0. The molecule has 0 fully saturated rings. The van der Waals surface area contributed by atoms with Crippen LogP contribution in [-0.4, -0.2) is 0 Å². The van der Waals surface area contributed by atoms with Gasteiger partial charge in [-0.3, -0.25) is 0 Å². The molecule has 0 unspecified atom stereocenters. The highest BCUT2D eigenvalue weighted by atomic mass is 35.5. The fraction of sp³-hybridized carbons (Fsp3) is 0.200. The highest BCUT2D eigenvalue weighted by Gasteiger charge is 1.95. The zero-order chi connectivity index (χ0) is 11.2. The first-order valence-corrected chi connectivity index (χ1v) is 6.01. The summed E-state index contributed by atoms with van der Waals surface area (Å²) in [6, 6.07) is 18.7. The van der Waals surface area contributed by atoms with Crippen molar-refractivity contribution in [1.29, 1.82) is 0 Å². The molecular weight excluding hydrogens is 216 g/mol. The molecule has 0 aliphatic rings. The minimum Gasteiger partial charge on any atom is -0.0843 e. The predicted octanol–water partition coefficient (Wildman–Crippen LogP) is 4.52. The quantitative estimate of drug-likeness (QED) is 0.725. The lowest BCUT2D eigenvalue weighted by atomic mass is 10.0. The third kappa shape index (κ3) is 3.39. The summed E-state index contributed by atoms with van der Waals surface area (Å²) in [6.07, 6.45) is 3.45. The van der Waals surface area contributed by atoms with Gasteiger partial charge in [0.05, 0.1) is 0 Å². The van der Waals surface area contributed by atoms with Gasteiger partial charge in [-0.15, -0.1) is 0 Å². The molecule has 0 heterocycles. The number of aryl methyl sites for hydroxylation is 2. The molecule has 0 aliphatic carbocycles. The van der Waals surface area contributed by atoms with Crippen LogP contribution in [0.15, 0.2) is 54.6 Å². The minimum atomic E-state index is 0.812. The van der Waals surface area contributed by atoms with Gasteiger partial charge in [0.15, 0.2) is 0 Å². The van der Waals surface area contributed by atoms with Gasteiger partial charge in [0.1, 0.15) is 0 Å². The normalized spacial score (nSPS) is 10.3. The van der Waals surface area contributed by atoms with Gasteiger partial charge < -0.3 is 0 Å². The first-order valence-electron chi connectivity index (χ1n) is 5.63. The highest BCUT2D eigenvalue weighted by Crippen LogP contribution is 2.12. The molecule has 82 valence electrons. The van der Waals surface area contributed by atoms with E-state index in [4.69, 9.17) is 11.6 Å². The van der Waals surface area contributed by atoms with Crippen molar-refractivity contribution < 1.29 is 0 Å². The lowest BCUT2D eigenvalue weighted by molar-refractivity contribution is 0.821. The Labute approximate surface area is 102 Å². The van der Waals surface area contributed by atoms with E-state index in [1.54, 1.807) is 0 Å². The Morgan fingerprint density at radius 2 is 1.25 bits per heavy atom. The molecule has 0 radical (unpaired) electrons. The van der Waals surface area contributed by atoms with Crippen molar-refractivity contribution in [3.05, 3.63) is 70.7 Å². The highest BCUT2D eigenvalue weighted by molar-refractivity contribution is 6.30. The summed E-state index contributed by atoms with van der Waals surface area (Å²) < 4.78 is 0. The summed E-state index contributed by atoms with van der Waals surface area (Å²) >= 11 is 5.84. The van der Waals surface area contributed by atoms with Crippen LogP contribution in [0.5, 0.6) is 0 Å². The second kappa shape index (κ2) is 5.72. The summed E-state index contributed by atoms with van der Waals surface area (Å²) in [4.78, 5) is 0. The second-order valence-electron chi connectivity index (χ2n) is 3.97. The maximum Gasteiger partial charge on any atom is 0.0406 e. The zero-order valence-corrected chi connectivity index (χ0v) is 9.95. The van der Waals surface area contributed by atoms with Crippen molar-refractivity contribution in [2.45, 2.75) is 19.3 Å². The largest absolute Gasteiger partial charge is 0.0843 e. The maximum atomic E-state index is 5.84. The molecule has 0 aliphatic heterocycles. The fourth-order valence-electron chi connectivity index (χ4n) is 1.79. The van der Waals surface area contributed by atoms with Crippen LogP contribution in [0.4, 0.5) is 0 Å². The van der Waals surface area contributed by atoms with Crippen molar-refractivity contribution in [3.63, 3.8) is 0 Å². The Morgan fingerprint density at radius 3 is 1.88 bits per heavy atom. The first kappa shape index (κ1) is 11.2. The monoisotopic (exact) mass is 230 g/mol.